The van der Waals surface area contributed by atoms with Crippen LogP contribution in [0.5, 0.6) is 0 Å². The molecule has 1 heterocycles. The Bertz CT molecular complexity index is 783. The molecule has 3 aromatic rings. The molecule has 1 aromatic heterocycles. The zero-order valence-electron chi connectivity index (χ0n) is 12.2. The van der Waals surface area contributed by atoms with Crippen molar-refractivity contribution in [2.24, 2.45) is 0 Å². The maximum absolute atomic E-state index is 11.1. The molecule has 2 aromatic carbocycles. The summed E-state index contributed by atoms with van der Waals surface area (Å²) in [6, 6.07) is 16.0. The first-order chi connectivity index (χ1) is 10.7. The molecule has 22 heavy (non-hydrogen) atoms. The van der Waals surface area contributed by atoms with Gasteiger partial charge in [-0.2, -0.15) is 0 Å². The Morgan fingerprint density at radius 3 is 2.68 bits per heavy atom. The Morgan fingerprint density at radius 2 is 1.95 bits per heavy atom. The number of H-pyrrole nitrogens is 1. The van der Waals surface area contributed by atoms with Crippen molar-refractivity contribution < 1.29 is 9.53 Å². The van der Waals surface area contributed by atoms with Gasteiger partial charge in [-0.1, -0.05) is 36.4 Å². The second kappa shape index (κ2) is 6.26. The predicted octanol–water partition coefficient (Wildman–Crippen LogP) is 3.34. The van der Waals surface area contributed by atoms with Crippen LogP contribution < -0.4 is 0 Å². The average molecular weight is 292 g/mol. The van der Waals surface area contributed by atoms with Crippen molar-refractivity contribution in [3.8, 4) is 0 Å². The lowest BCUT2D eigenvalue weighted by Gasteiger charge is -1.99. The number of methoxy groups -OCH3 is 1. The minimum atomic E-state index is -0.355. The predicted molar refractivity (Wildman–Crippen MR) is 86.4 cm³/mol. The number of aromatic nitrogens is 2. The van der Waals surface area contributed by atoms with Crippen LogP contribution in [0.3, 0.4) is 0 Å². The van der Waals surface area contributed by atoms with Crippen molar-refractivity contribution in [2.75, 3.05) is 7.11 Å². The molecular weight excluding hydrogens is 276 g/mol. The summed E-state index contributed by atoms with van der Waals surface area (Å²) in [6.45, 7) is 0. The molecule has 0 fully saturated rings. The third kappa shape index (κ3) is 3.23. The number of benzene rings is 2. The molecular formula is C18H16N2O2. The Balaban J connectivity index is 1.73. The largest absolute Gasteiger partial charge is 0.466 e. The van der Waals surface area contributed by atoms with Gasteiger partial charge in [0, 0.05) is 12.5 Å². The van der Waals surface area contributed by atoms with Gasteiger partial charge in [0.25, 0.3) is 0 Å². The Morgan fingerprint density at radius 1 is 1.18 bits per heavy atom. The lowest BCUT2D eigenvalue weighted by atomic mass is 10.1. The second-order valence-corrected chi connectivity index (χ2v) is 4.98. The van der Waals surface area contributed by atoms with Crippen molar-refractivity contribution in [3.63, 3.8) is 0 Å². The smallest absolute Gasteiger partial charge is 0.330 e. The third-order valence-corrected chi connectivity index (χ3v) is 3.40. The number of para-hydroxylation sites is 2. The van der Waals surface area contributed by atoms with E-state index in [0.29, 0.717) is 0 Å². The molecule has 0 saturated heterocycles. The number of nitrogens with one attached hydrogen (secondary N) is 1. The normalized spacial score (nSPS) is 11.1. The van der Waals surface area contributed by atoms with Crippen LogP contribution >= 0.6 is 0 Å². The fourth-order valence-electron chi connectivity index (χ4n) is 2.26. The highest BCUT2D eigenvalue weighted by atomic mass is 16.5. The van der Waals surface area contributed by atoms with Gasteiger partial charge >= 0.3 is 5.97 Å². The van der Waals surface area contributed by atoms with E-state index in [1.54, 1.807) is 6.08 Å². The molecule has 1 N–H and O–H groups in total. The van der Waals surface area contributed by atoms with Gasteiger partial charge in [-0.05, 0) is 29.3 Å². The minimum absolute atomic E-state index is 0.355. The number of ether oxygens (including phenoxy) is 1. The number of fused-ring (bicyclic) bond motifs is 1. The van der Waals surface area contributed by atoms with Crippen LogP contribution in [0.15, 0.2) is 54.6 Å². The number of rotatable bonds is 4. The van der Waals surface area contributed by atoms with Crippen molar-refractivity contribution in [3.05, 3.63) is 71.6 Å². The van der Waals surface area contributed by atoms with Gasteiger partial charge in [-0.25, -0.2) is 9.78 Å². The SMILES string of the molecule is COC(=O)/C=C/c1ccc(Cc2nc3ccccc3[nH]2)cc1. The molecule has 0 aliphatic heterocycles. The van der Waals surface area contributed by atoms with Gasteiger partial charge in [0.2, 0.25) is 0 Å². The molecule has 4 heteroatoms. The number of imidazole rings is 1. The van der Waals surface area contributed by atoms with Crippen LogP contribution in [-0.2, 0) is 16.0 Å². The van der Waals surface area contributed by atoms with Crippen LogP contribution in [-0.4, -0.2) is 23.0 Å². The molecule has 0 spiro atoms. The van der Waals surface area contributed by atoms with E-state index in [9.17, 15) is 4.79 Å². The molecule has 0 radical (unpaired) electrons. The third-order valence-electron chi connectivity index (χ3n) is 3.40. The van der Waals surface area contributed by atoms with E-state index in [2.05, 4.69) is 14.7 Å². The highest BCUT2D eigenvalue weighted by Crippen LogP contribution is 2.14. The first-order valence-electron chi connectivity index (χ1n) is 7.03. The van der Waals surface area contributed by atoms with Crippen LogP contribution in [0.2, 0.25) is 0 Å². The summed E-state index contributed by atoms with van der Waals surface area (Å²) in [4.78, 5) is 18.9. The fourth-order valence-corrected chi connectivity index (χ4v) is 2.26. The van der Waals surface area contributed by atoms with E-state index in [1.165, 1.54) is 13.2 Å². The van der Waals surface area contributed by atoms with E-state index in [-0.39, 0.29) is 5.97 Å². The average Bonchev–Trinajstić information content (AvgIpc) is 2.96. The molecule has 0 unspecified atom stereocenters. The summed E-state index contributed by atoms with van der Waals surface area (Å²) >= 11 is 0. The van der Waals surface area contributed by atoms with E-state index in [1.807, 2.05) is 48.5 Å². The molecule has 0 saturated carbocycles. The van der Waals surface area contributed by atoms with Crippen molar-refractivity contribution in [1.82, 2.24) is 9.97 Å². The van der Waals surface area contributed by atoms with E-state index >= 15 is 0 Å². The first kappa shape index (κ1) is 14.1. The fraction of sp³-hybridized carbons (Fsp3) is 0.111. The minimum Gasteiger partial charge on any atom is -0.466 e. The van der Waals surface area contributed by atoms with Gasteiger partial charge in [0.1, 0.15) is 5.82 Å². The van der Waals surface area contributed by atoms with Crippen molar-refractivity contribution >= 4 is 23.1 Å². The van der Waals surface area contributed by atoms with Gasteiger partial charge in [0.05, 0.1) is 18.1 Å². The summed E-state index contributed by atoms with van der Waals surface area (Å²) in [6.07, 6.45) is 3.89. The van der Waals surface area contributed by atoms with Crippen LogP contribution in [0.1, 0.15) is 17.0 Å². The van der Waals surface area contributed by atoms with Gasteiger partial charge in [0.15, 0.2) is 0 Å². The van der Waals surface area contributed by atoms with Gasteiger partial charge < -0.3 is 9.72 Å². The molecule has 3 rings (SSSR count). The first-order valence-corrected chi connectivity index (χ1v) is 7.03. The molecule has 110 valence electrons. The number of esters is 1. The number of nitrogens with zero attached hydrogens (tertiary/aromatic N) is 1. The summed E-state index contributed by atoms with van der Waals surface area (Å²) in [7, 11) is 1.36. The Hall–Kier alpha value is -2.88. The number of aromatic amines is 1. The lowest BCUT2D eigenvalue weighted by molar-refractivity contribution is -0.134. The van der Waals surface area contributed by atoms with Crippen LogP contribution in [0.25, 0.3) is 17.1 Å². The topological polar surface area (TPSA) is 55.0 Å². The lowest BCUT2D eigenvalue weighted by Crippen LogP contribution is -1.93. The summed E-state index contributed by atoms with van der Waals surface area (Å²) in [5.41, 5.74) is 4.15. The summed E-state index contributed by atoms with van der Waals surface area (Å²) in [5.74, 6) is 0.588. The van der Waals surface area contributed by atoms with E-state index < -0.39 is 0 Å². The zero-order chi connectivity index (χ0) is 15.4. The molecule has 4 nitrogen and oxygen atoms in total. The Kier molecular flexibility index (Phi) is 4.01. The molecule has 0 amide bonds. The van der Waals surface area contributed by atoms with Crippen LogP contribution in [0, 0.1) is 0 Å². The Labute approximate surface area is 128 Å². The maximum atomic E-state index is 11.1. The number of carbonyl (C=O) groups excluding carboxylic acids is 1. The molecule has 0 atom stereocenters. The highest BCUT2D eigenvalue weighted by molar-refractivity contribution is 5.86. The summed E-state index contributed by atoms with van der Waals surface area (Å²) in [5, 5.41) is 0. The molecule has 0 aliphatic carbocycles. The molecule has 0 bridgehead atoms. The van der Waals surface area contributed by atoms with E-state index in [4.69, 9.17) is 0 Å². The number of hydrogen-bond donors (Lipinski definition) is 1. The van der Waals surface area contributed by atoms with Crippen molar-refractivity contribution in [1.29, 1.82) is 0 Å². The molecule has 0 aliphatic rings. The van der Waals surface area contributed by atoms with Crippen molar-refractivity contribution in [2.45, 2.75) is 6.42 Å². The quantitative estimate of drug-likeness (QED) is 0.592. The second-order valence-electron chi connectivity index (χ2n) is 4.98. The van der Waals surface area contributed by atoms with E-state index in [0.717, 1.165) is 34.4 Å². The van der Waals surface area contributed by atoms with Gasteiger partial charge in [-0.15, -0.1) is 0 Å². The van der Waals surface area contributed by atoms with Crippen LogP contribution in [0.4, 0.5) is 0 Å². The highest BCUT2D eigenvalue weighted by Gasteiger charge is 2.03. The number of carbonyl (C=O) groups is 1. The monoisotopic (exact) mass is 292 g/mol. The summed E-state index contributed by atoms with van der Waals surface area (Å²) < 4.78 is 4.57. The standard InChI is InChI=1S/C18H16N2O2/c1-22-18(21)11-10-13-6-8-14(9-7-13)12-17-19-15-4-2-3-5-16(15)20-17/h2-11H,12H2,1H3,(H,19,20)/b11-10+. The zero-order valence-corrected chi connectivity index (χ0v) is 12.2. The number of hydrogen-bond acceptors (Lipinski definition) is 3. The maximum Gasteiger partial charge on any atom is 0.330 e. The van der Waals surface area contributed by atoms with Gasteiger partial charge in [-0.3, -0.25) is 0 Å².